The molecule has 0 aliphatic carbocycles. The molecular formula is C46H46N4O8S. The van der Waals surface area contributed by atoms with Gasteiger partial charge in [0.2, 0.25) is 5.56 Å². The first-order valence-electron chi connectivity index (χ1n) is 19.8. The lowest BCUT2D eigenvalue weighted by molar-refractivity contribution is -0.0336. The first-order chi connectivity index (χ1) is 28.8. The second kappa shape index (κ2) is 18.3. The van der Waals surface area contributed by atoms with Crippen LogP contribution in [0, 0.1) is 5.92 Å². The Morgan fingerprint density at radius 1 is 0.864 bits per heavy atom. The summed E-state index contributed by atoms with van der Waals surface area (Å²) >= 11 is 1.50. The van der Waals surface area contributed by atoms with Crippen LogP contribution in [0.2, 0.25) is 0 Å². The number of aliphatic hydroxyl groups excluding tert-OH is 1. The summed E-state index contributed by atoms with van der Waals surface area (Å²) in [5.74, 6) is 0.567. The number of fused-ring (bicyclic) bond motifs is 4. The number of rotatable bonds is 15. The normalized spacial score (nSPS) is 18.2. The number of H-pyrrole nitrogens is 1. The maximum absolute atomic E-state index is 13.2. The number of carbonyl (C=O) groups is 2. The molecule has 13 heteroatoms. The quantitative estimate of drug-likeness (QED) is 0.0686. The van der Waals surface area contributed by atoms with Crippen LogP contribution in [0.4, 0.5) is 4.79 Å². The van der Waals surface area contributed by atoms with E-state index in [0.29, 0.717) is 34.7 Å². The van der Waals surface area contributed by atoms with Gasteiger partial charge < -0.3 is 40.0 Å². The Kier molecular flexibility index (Phi) is 12.3. The second-order valence-corrected chi connectivity index (χ2v) is 16.3. The van der Waals surface area contributed by atoms with E-state index in [9.17, 15) is 24.6 Å². The van der Waals surface area contributed by atoms with Crippen LogP contribution >= 0.6 is 11.3 Å². The molecule has 3 aliphatic rings. The monoisotopic (exact) mass is 814 g/mol. The predicted octanol–water partition coefficient (Wildman–Crippen LogP) is 6.96. The van der Waals surface area contributed by atoms with Gasteiger partial charge in [-0.2, -0.15) is 0 Å². The maximum atomic E-state index is 13.2. The summed E-state index contributed by atoms with van der Waals surface area (Å²) < 4.78 is 17.7. The lowest BCUT2D eigenvalue weighted by atomic mass is 9.86. The highest BCUT2D eigenvalue weighted by molar-refractivity contribution is 7.11. The van der Waals surface area contributed by atoms with Crippen LogP contribution < -0.4 is 20.9 Å². The number of aromatic hydroxyl groups is 1. The van der Waals surface area contributed by atoms with Crippen LogP contribution in [0.3, 0.4) is 0 Å². The van der Waals surface area contributed by atoms with Gasteiger partial charge in [0.25, 0.3) is 0 Å². The number of thiophene rings is 1. The molecule has 12 nitrogen and oxygen atoms in total. The van der Waals surface area contributed by atoms with Crippen molar-refractivity contribution in [3.63, 3.8) is 0 Å². The van der Waals surface area contributed by atoms with Gasteiger partial charge in [0.05, 0.1) is 23.2 Å². The van der Waals surface area contributed by atoms with Gasteiger partial charge in [-0.15, -0.1) is 11.3 Å². The Bertz CT molecular complexity index is 2450. The topological polar surface area (TPSA) is 162 Å². The minimum Gasteiger partial charge on any atom is -0.506 e. The number of amides is 1. The Hall–Kier alpha value is -5.99. The minimum absolute atomic E-state index is 0.0583. The number of piperidine rings is 3. The first kappa shape index (κ1) is 39.8. The van der Waals surface area contributed by atoms with Crippen LogP contribution in [0.5, 0.6) is 11.5 Å². The van der Waals surface area contributed by atoms with Crippen molar-refractivity contribution in [1.82, 2.24) is 20.5 Å². The fourth-order valence-electron chi connectivity index (χ4n) is 7.83. The van der Waals surface area contributed by atoms with Gasteiger partial charge in [0.1, 0.15) is 30.8 Å². The molecule has 3 atom stereocenters. The van der Waals surface area contributed by atoms with Crippen LogP contribution in [0.1, 0.15) is 67.4 Å². The van der Waals surface area contributed by atoms with Gasteiger partial charge in [-0.05, 0) is 103 Å². The molecule has 5 N–H and O–H groups in total. The number of benzene rings is 4. The van der Waals surface area contributed by atoms with E-state index in [4.69, 9.17) is 14.2 Å². The van der Waals surface area contributed by atoms with Crippen molar-refractivity contribution in [3.05, 3.63) is 163 Å². The van der Waals surface area contributed by atoms with Gasteiger partial charge in [-0.25, -0.2) is 9.59 Å². The van der Waals surface area contributed by atoms with Gasteiger partial charge in [0, 0.05) is 40.8 Å². The van der Waals surface area contributed by atoms with Crippen molar-refractivity contribution >= 4 is 34.3 Å². The van der Waals surface area contributed by atoms with Crippen molar-refractivity contribution in [3.8, 4) is 11.5 Å². The van der Waals surface area contributed by atoms with Crippen molar-refractivity contribution in [2.75, 3.05) is 26.2 Å². The molecule has 3 fully saturated rings. The molecule has 9 rings (SSSR count). The minimum atomic E-state index is -0.869. The maximum Gasteiger partial charge on any atom is 0.408 e. The Morgan fingerprint density at radius 2 is 1.64 bits per heavy atom. The molecule has 0 spiro atoms. The van der Waals surface area contributed by atoms with E-state index in [-0.39, 0.29) is 42.7 Å². The molecule has 2 bridgehead atoms. The number of hydrogen-bond acceptors (Lipinski definition) is 11. The average molecular weight is 815 g/mol. The van der Waals surface area contributed by atoms with Crippen LogP contribution in [0.25, 0.3) is 10.9 Å². The molecule has 0 radical (unpaired) electrons. The third-order valence-corrected chi connectivity index (χ3v) is 12.1. The summed E-state index contributed by atoms with van der Waals surface area (Å²) in [4.78, 5) is 44.7. The fourth-order valence-corrected chi connectivity index (χ4v) is 8.73. The Morgan fingerprint density at radius 3 is 2.42 bits per heavy atom. The molecule has 4 aromatic carbocycles. The third kappa shape index (κ3) is 9.83. The van der Waals surface area contributed by atoms with Crippen molar-refractivity contribution < 1.29 is 34.0 Å². The number of phenols is 1. The van der Waals surface area contributed by atoms with Gasteiger partial charge >= 0.3 is 12.1 Å². The SMILES string of the molecule is O=C(NC(c1ccccc1)c1cccc(OCc2ccc(C(=O)OCc3ccc(CNC[C@@H](O)c4ccc(O)c5[nH]c(=O)ccc45)s3)cc2)c1)O[C@H]1CN2CCC1CC2. The van der Waals surface area contributed by atoms with E-state index >= 15 is 0 Å². The molecule has 1 unspecified atom stereocenters. The summed E-state index contributed by atoms with van der Waals surface area (Å²) in [6, 6.07) is 34.1. The zero-order chi connectivity index (χ0) is 40.7. The average Bonchev–Trinajstić information content (AvgIpc) is 3.72. The van der Waals surface area contributed by atoms with E-state index in [1.54, 1.807) is 24.3 Å². The summed E-state index contributed by atoms with van der Waals surface area (Å²) in [6.45, 7) is 4.09. The number of carbonyl (C=O) groups excluding carboxylic acids is 2. The number of aromatic amines is 1. The van der Waals surface area contributed by atoms with Crippen molar-refractivity contribution in [1.29, 1.82) is 0 Å². The standard InChI is InChI=1S/C46H46N4O8S/c51-39-17-15-37(38-16-18-42(53)48-44(38)39)40(52)25-47-24-35-13-14-36(59-35)28-57-45(54)32-11-9-29(10-12-32)27-56-34-8-4-7-33(23-34)43(31-5-2-1-3-6-31)49-46(55)58-41-26-50-21-19-30(41)20-22-50/h1-18,23,30,40-41,43,47,51-52H,19-22,24-28H2,(H,48,53)(H,49,55)/t40-,41+,43?/m1/s1. The lowest BCUT2D eigenvalue weighted by Gasteiger charge is -2.43. The smallest absolute Gasteiger partial charge is 0.408 e. The number of nitrogens with zero attached hydrogens (tertiary/aromatic N) is 1. The number of nitrogens with one attached hydrogen (secondary N) is 3. The highest BCUT2D eigenvalue weighted by atomic mass is 32.1. The molecule has 3 aliphatic heterocycles. The molecule has 3 saturated heterocycles. The molecule has 0 saturated carbocycles. The summed E-state index contributed by atoms with van der Waals surface area (Å²) in [7, 11) is 0. The van der Waals surface area contributed by atoms with Gasteiger partial charge in [0.15, 0.2) is 0 Å². The predicted molar refractivity (Wildman–Crippen MR) is 224 cm³/mol. The summed E-state index contributed by atoms with van der Waals surface area (Å²) in [5, 5.41) is 27.9. The van der Waals surface area contributed by atoms with Crippen molar-refractivity contribution in [2.24, 2.45) is 5.92 Å². The van der Waals surface area contributed by atoms with E-state index < -0.39 is 24.2 Å². The molecular weight excluding hydrogens is 769 g/mol. The largest absolute Gasteiger partial charge is 0.506 e. The molecule has 59 heavy (non-hydrogen) atoms. The van der Waals surface area contributed by atoms with Crippen LogP contribution in [0.15, 0.2) is 120 Å². The van der Waals surface area contributed by atoms with Crippen molar-refractivity contribution in [2.45, 2.75) is 50.8 Å². The number of aromatic nitrogens is 1. The second-order valence-electron chi connectivity index (χ2n) is 15.0. The highest BCUT2D eigenvalue weighted by Gasteiger charge is 2.37. The van der Waals surface area contributed by atoms with E-state index in [0.717, 1.165) is 58.9 Å². The molecule has 304 valence electrons. The summed E-state index contributed by atoms with van der Waals surface area (Å²) in [5.41, 5.74) is 3.65. The first-order valence-corrected chi connectivity index (χ1v) is 20.6. The number of pyridine rings is 1. The number of phenolic OH excluding ortho intramolecular Hbond substituents is 1. The Balaban J connectivity index is 0.806. The number of aliphatic hydroxyl groups is 1. The summed E-state index contributed by atoms with van der Waals surface area (Å²) in [6.07, 6.45) is 0.744. The third-order valence-electron chi connectivity index (χ3n) is 11.0. The zero-order valence-corrected chi connectivity index (χ0v) is 33.2. The highest BCUT2D eigenvalue weighted by Crippen LogP contribution is 2.32. The van der Waals surface area contributed by atoms with Gasteiger partial charge in [-0.1, -0.05) is 60.7 Å². The van der Waals surface area contributed by atoms with E-state index in [1.165, 1.54) is 23.5 Å². The van der Waals surface area contributed by atoms with E-state index in [1.807, 2.05) is 78.9 Å². The number of ether oxygens (including phenoxy) is 3. The lowest BCUT2D eigenvalue weighted by Crippen LogP contribution is -2.52. The zero-order valence-electron chi connectivity index (χ0n) is 32.3. The van der Waals surface area contributed by atoms with E-state index in [2.05, 4.69) is 20.5 Å². The molecule has 1 amide bonds. The number of hydrogen-bond donors (Lipinski definition) is 5. The number of alkyl carbamates (subject to hydrolysis) is 1. The molecule has 6 aromatic rings. The Labute approximate surface area is 345 Å². The fraction of sp³-hybridized carbons (Fsp3) is 0.283. The van der Waals surface area contributed by atoms with Gasteiger partial charge in [-0.3, -0.25) is 9.69 Å². The van der Waals surface area contributed by atoms with Crippen LogP contribution in [-0.2, 0) is 29.2 Å². The molecule has 2 aromatic heterocycles. The number of esters is 1. The van der Waals surface area contributed by atoms with Crippen LogP contribution in [-0.4, -0.2) is 64.4 Å². The molecule has 5 heterocycles.